The highest BCUT2D eigenvalue weighted by molar-refractivity contribution is 5.81. The second-order valence-corrected chi connectivity index (χ2v) is 4.13. The average Bonchev–Trinajstić information content (AvgIpc) is 2.30. The van der Waals surface area contributed by atoms with E-state index in [4.69, 9.17) is 0 Å². The molecule has 84 valence electrons. The highest BCUT2D eigenvalue weighted by Crippen LogP contribution is 2.19. The van der Waals surface area contributed by atoms with Crippen LogP contribution in [0.3, 0.4) is 0 Å². The van der Waals surface area contributed by atoms with E-state index < -0.39 is 0 Å². The van der Waals surface area contributed by atoms with Crippen LogP contribution in [0, 0.1) is 6.92 Å². The molecule has 0 spiro atoms. The Morgan fingerprint density at radius 2 is 2.06 bits per heavy atom. The molecule has 2 aromatic rings. The zero-order chi connectivity index (χ0) is 11.4. The third kappa shape index (κ3) is 2.32. The molecule has 0 aliphatic carbocycles. The molecule has 2 nitrogen and oxygen atoms in total. The van der Waals surface area contributed by atoms with Gasteiger partial charge in [-0.25, -0.2) is 4.98 Å². The van der Waals surface area contributed by atoms with Gasteiger partial charge in [0.15, 0.2) is 0 Å². The van der Waals surface area contributed by atoms with Crippen LogP contribution in [0.1, 0.15) is 25.3 Å². The zero-order valence-electron chi connectivity index (χ0n) is 9.96. The molecule has 0 aliphatic heterocycles. The first-order valence-corrected chi connectivity index (χ1v) is 5.91. The smallest absolute Gasteiger partial charge is 0.129 e. The van der Waals surface area contributed by atoms with E-state index in [1.54, 1.807) is 0 Å². The number of unbranched alkanes of at least 4 members (excludes halogenated alkanes) is 1. The molecular formula is C14H18N2. The van der Waals surface area contributed by atoms with E-state index in [1.165, 1.54) is 23.8 Å². The number of pyridine rings is 1. The lowest BCUT2D eigenvalue weighted by Crippen LogP contribution is -2.04. The van der Waals surface area contributed by atoms with Crippen molar-refractivity contribution in [1.29, 1.82) is 0 Å². The maximum atomic E-state index is 4.64. The predicted octanol–water partition coefficient (Wildman–Crippen LogP) is 3.76. The minimum absolute atomic E-state index is 1.00. The summed E-state index contributed by atoms with van der Waals surface area (Å²) in [6.45, 7) is 5.30. The second-order valence-electron chi connectivity index (χ2n) is 4.13. The predicted molar refractivity (Wildman–Crippen MR) is 69.9 cm³/mol. The van der Waals surface area contributed by atoms with Gasteiger partial charge in [-0.1, -0.05) is 31.5 Å². The number of hydrogen-bond donors (Lipinski definition) is 1. The van der Waals surface area contributed by atoms with E-state index in [9.17, 15) is 0 Å². The number of nitrogens with one attached hydrogen (secondary N) is 1. The lowest BCUT2D eigenvalue weighted by molar-refractivity contribution is 0.831. The average molecular weight is 214 g/mol. The van der Waals surface area contributed by atoms with Crippen LogP contribution in [0.15, 0.2) is 30.3 Å². The van der Waals surface area contributed by atoms with Crippen molar-refractivity contribution in [2.45, 2.75) is 26.7 Å². The van der Waals surface area contributed by atoms with Gasteiger partial charge in [-0.15, -0.1) is 0 Å². The Morgan fingerprint density at radius 1 is 1.25 bits per heavy atom. The second kappa shape index (κ2) is 4.97. The topological polar surface area (TPSA) is 24.9 Å². The Kier molecular flexibility index (Phi) is 3.40. The van der Waals surface area contributed by atoms with Crippen molar-refractivity contribution < 1.29 is 0 Å². The molecule has 16 heavy (non-hydrogen) atoms. The Bertz CT molecular complexity index is 477. The normalized spacial score (nSPS) is 10.6. The Balaban J connectivity index is 2.27. The van der Waals surface area contributed by atoms with Gasteiger partial charge in [0.05, 0.1) is 5.52 Å². The van der Waals surface area contributed by atoms with Crippen molar-refractivity contribution in [3.63, 3.8) is 0 Å². The monoisotopic (exact) mass is 214 g/mol. The van der Waals surface area contributed by atoms with E-state index in [2.05, 4.69) is 42.3 Å². The molecular weight excluding hydrogens is 196 g/mol. The molecule has 2 heteroatoms. The summed E-state index contributed by atoms with van der Waals surface area (Å²) in [5.41, 5.74) is 2.28. The van der Waals surface area contributed by atoms with Crippen LogP contribution in [-0.2, 0) is 0 Å². The van der Waals surface area contributed by atoms with Crippen molar-refractivity contribution in [2.75, 3.05) is 11.9 Å². The van der Waals surface area contributed by atoms with Gasteiger partial charge in [0.2, 0.25) is 0 Å². The Hall–Kier alpha value is -1.57. The van der Waals surface area contributed by atoms with E-state index in [1.807, 2.05) is 12.1 Å². The third-order valence-corrected chi connectivity index (χ3v) is 2.74. The molecule has 0 saturated carbocycles. The third-order valence-electron chi connectivity index (χ3n) is 2.74. The largest absolute Gasteiger partial charge is 0.370 e. The summed E-state index contributed by atoms with van der Waals surface area (Å²) in [5.74, 6) is 1.02. The summed E-state index contributed by atoms with van der Waals surface area (Å²) in [4.78, 5) is 4.64. The quantitative estimate of drug-likeness (QED) is 0.784. The first-order chi connectivity index (χ1) is 7.81. The van der Waals surface area contributed by atoms with Gasteiger partial charge in [0.25, 0.3) is 0 Å². The number of para-hydroxylation sites is 1. The summed E-state index contributed by atoms with van der Waals surface area (Å²) in [6, 6.07) is 10.4. The minimum Gasteiger partial charge on any atom is -0.370 e. The van der Waals surface area contributed by atoms with Crippen LogP contribution in [-0.4, -0.2) is 11.5 Å². The van der Waals surface area contributed by atoms with Crippen molar-refractivity contribution in [3.05, 3.63) is 35.9 Å². The number of fused-ring (bicyclic) bond motifs is 1. The van der Waals surface area contributed by atoms with Crippen LogP contribution in [0.2, 0.25) is 0 Å². The summed E-state index contributed by atoms with van der Waals surface area (Å²) < 4.78 is 0. The zero-order valence-corrected chi connectivity index (χ0v) is 9.96. The lowest BCUT2D eigenvalue weighted by atomic mass is 10.1. The van der Waals surface area contributed by atoms with Crippen LogP contribution < -0.4 is 5.32 Å². The number of benzene rings is 1. The molecule has 0 bridgehead atoms. The number of nitrogens with zero attached hydrogens (tertiary/aromatic N) is 1. The molecule has 1 N–H and O–H groups in total. The van der Waals surface area contributed by atoms with Crippen molar-refractivity contribution in [1.82, 2.24) is 4.98 Å². The SMILES string of the molecule is CCCCNc1nc2ccccc2cc1C. The summed E-state index contributed by atoms with van der Waals surface area (Å²) in [5, 5.41) is 4.60. The number of anilines is 1. The summed E-state index contributed by atoms with van der Waals surface area (Å²) in [6.07, 6.45) is 2.40. The maximum Gasteiger partial charge on any atom is 0.129 e. The number of rotatable bonds is 4. The standard InChI is InChI=1S/C14H18N2/c1-3-4-9-15-14-11(2)10-12-7-5-6-8-13(12)16-14/h5-8,10H,3-4,9H2,1-2H3,(H,15,16). The fourth-order valence-corrected chi connectivity index (χ4v) is 1.78. The maximum absolute atomic E-state index is 4.64. The van der Waals surface area contributed by atoms with Gasteiger partial charge in [-0.2, -0.15) is 0 Å². The highest BCUT2D eigenvalue weighted by Gasteiger charge is 2.01. The Labute approximate surface area is 96.7 Å². The van der Waals surface area contributed by atoms with Crippen LogP contribution >= 0.6 is 0 Å². The number of aromatic nitrogens is 1. The van der Waals surface area contributed by atoms with Crippen LogP contribution in [0.5, 0.6) is 0 Å². The lowest BCUT2D eigenvalue weighted by Gasteiger charge is -2.09. The molecule has 1 aromatic carbocycles. The van der Waals surface area contributed by atoms with E-state index >= 15 is 0 Å². The number of aryl methyl sites for hydroxylation is 1. The van der Waals surface area contributed by atoms with Crippen molar-refractivity contribution in [2.24, 2.45) is 0 Å². The molecule has 2 rings (SSSR count). The molecule has 0 aliphatic rings. The molecule has 0 amide bonds. The molecule has 0 fully saturated rings. The Morgan fingerprint density at radius 3 is 2.88 bits per heavy atom. The molecule has 1 aromatic heterocycles. The fraction of sp³-hybridized carbons (Fsp3) is 0.357. The van der Waals surface area contributed by atoms with Crippen molar-refractivity contribution in [3.8, 4) is 0 Å². The van der Waals surface area contributed by atoms with Gasteiger partial charge >= 0.3 is 0 Å². The van der Waals surface area contributed by atoms with Crippen LogP contribution in [0.25, 0.3) is 10.9 Å². The van der Waals surface area contributed by atoms with Gasteiger partial charge in [0.1, 0.15) is 5.82 Å². The first-order valence-electron chi connectivity index (χ1n) is 5.91. The number of hydrogen-bond acceptors (Lipinski definition) is 2. The van der Waals surface area contributed by atoms with Crippen LogP contribution in [0.4, 0.5) is 5.82 Å². The summed E-state index contributed by atoms with van der Waals surface area (Å²) in [7, 11) is 0. The first kappa shape index (κ1) is 10.9. The summed E-state index contributed by atoms with van der Waals surface area (Å²) >= 11 is 0. The van der Waals surface area contributed by atoms with E-state index in [0.29, 0.717) is 0 Å². The molecule has 0 atom stereocenters. The van der Waals surface area contributed by atoms with E-state index in [-0.39, 0.29) is 0 Å². The molecule has 1 heterocycles. The minimum atomic E-state index is 1.00. The van der Waals surface area contributed by atoms with Gasteiger partial charge in [-0.05, 0) is 31.0 Å². The fourth-order valence-electron chi connectivity index (χ4n) is 1.78. The molecule has 0 radical (unpaired) electrons. The van der Waals surface area contributed by atoms with E-state index in [0.717, 1.165) is 17.9 Å². The van der Waals surface area contributed by atoms with Crippen molar-refractivity contribution >= 4 is 16.7 Å². The van der Waals surface area contributed by atoms with Gasteiger partial charge in [0, 0.05) is 11.9 Å². The molecule has 0 saturated heterocycles. The molecule has 0 unspecified atom stereocenters. The van der Waals surface area contributed by atoms with Gasteiger partial charge in [-0.3, -0.25) is 0 Å². The van der Waals surface area contributed by atoms with Gasteiger partial charge < -0.3 is 5.32 Å². The highest BCUT2D eigenvalue weighted by atomic mass is 15.0.